The van der Waals surface area contributed by atoms with Crippen molar-refractivity contribution in [2.75, 3.05) is 5.32 Å². The number of carbonyl (C=O) groups is 1. The minimum atomic E-state index is -3.65. The van der Waals surface area contributed by atoms with E-state index < -0.39 is 10.0 Å². The minimum absolute atomic E-state index is 0.108. The molecular formula is C24H26N2O4S. The molecule has 2 N–H and O–H groups in total. The lowest BCUT2D eigenvalue weighted by Crippen LogP contribution is -2.23. The minimum Gasteiger partial charge on any atom is -0.491 e. The Morgan fingerprint density at radius 1 is 0.935 bits per heavy atom. The summed E-state index contributed by atoms with van der Waals surface area (Å²) in [5, 5.41) is 2.77. The number of sulfonamides is 1. The van der Waals surface area contributed by atoms with Gasteiger partial charge in [-0.15, -0.1) is 0 Å². The molecule has 0 aliphatic carbocycles. The molecule has 0 spiro atoms. The summed E-state index contributed by atoms with van der Waals surface area (Å²) in [5.74, 6) is 0.427. The molecule has 31 heavy (non-hydrogen) atoms. The van der Waals surface area contributed by atoms with E-state index in [1.54, 1.807) is 36.4 Å². The van der Waals surface area contributed by atoms with E-state index in [0.717, 1.165) is 12.0 Å². The van der Waals surface area contributed by atoms with E-state index in [0.29, 0.717) is 17.0 Å². The summed E-state index contributed by atoms with van der Waals surface area (Å²) < 4.78 is 33.2. The summed E-state index contributed by atoms with van der Waals surface area (Å²) >= 11 is 0. The Balaban J connectivity index is 1.60. The number of amides is 1. The molecule has 6 nitrogen and oxygen atoms in total. The standard InChI is InChI=1S/C24H26N2O4S/c1-3-18(2)30-22-13-9-20(10-14-22)24(27)26-21-11-15-23(16-12-21)31(28,29)25-17-19-7-5-4-6-8-19/h4-16,18,25H,3,17H2,1-2H3,(H,26,27). The van der Waals surface area contributed by atoms with Crippen molar-refractivity contribution in [3.05, 3.63) is 90.0 Å². The van der Waals surface area contributed by atoms with Crippen LogP contribution < -0.4 is 14.8 Å². The lowest BCUT2D eigenvalue weighted by Gasteiger charge is -2.13. The molecule has 3 aromatic carbocycles. The maximum absolute atomic E-state index is 12.5. The zero-order chi connectivity index (χ0) is 22.3. The molecule has 0 fully saturated rings. The van der Waals surface area contributed by atoms with Crippen LogP contribution >= 0.6 is 0 Å². The second-order valence-corrected chi connectivity index (χ2v) is 8.92. The third-order valence-corrected chi connectivity index (χ3v) is 6.18. The molecule has 0 saturated carbocycles. The number of rotatable bonds is 9. The predicted octanol–water partition coefficient (Wildman–Crippen LogP) is 4.59. The van der Waals surface area contributed by atoms with Crippen LogP contribution in [0, 0.1) is 0 Å². The maximum atomic E-state index is 12.5. The van der Waals surface area contributed by atoms with Crippen molar-refractivity contribution in [1.29, 1.82) is 0 Å². The van der Waals surface area contributed by atoms with Gasteiger partial charge >= 0.3 is 0 Å². The molecule has 0 bridgehead atoms. The van der Waals surface area contributed by atoms with E-state index >= 15 is 0 Å². The highest BCUT2D eigenvalue weighted by molar-refractivity contribution is 7.89. The van der Waals surface area contributed by atoms with Gasteiger partial charge in [0.15, 0.2) is 0 Å². The fraction of sp³-hybridized carbons (Fsp3) is 0.208. The molecule has 1 atom stereocenters. The number of anilines is 1. The Hall–Kier alpha value is -3.16. The Kier molecular flexibility index (Phi) is 7.44. The Bertz CT molecular complexity index is 1100. The average molecular weight is 439 g/mol. The second-order valence-electron chi connectivity index (χ2n) is 7.15. The highest BCUT2D eigenvalue weighted by Crippen LogP contribution is 2.18. The lowest BCUT2D eigenvalue weighted by atomic mass is 10.2. The summed E-state index contributed by atoms with van der Waals surface area (Å²) in [7, 11) is -3.65. The van der Waals surface area contributed by atoms with E-state index in [4.69, 9.17) is 4.74 Å². The molecule has 3 aromatic rings. The first-order valence-corrected chi connectivity index (χ1v) is 11.6. The number of hydrogen-bond donors (Lipinski definition) is 2. The smallest absolute Gasteiger partial charge is 0.255 e. The van der Waals surface area contributed by atoms with E-state index in [1.165, 1.54) is 12.1 Å². The number of nitrogens with one attached hydrogen (secondary N) is 2. The molecule has 0 heterocycles. The summed E-state index contributed by atoms with van der Waals surface area (Å²) in [5.41, 5.74) is 1.86. The summed E-state index contributed by atoms with van der Waals surface area (Å²) in [4.78, 5) is 12.6. The lowest BCUT2D eigenvalue weighted by molar-refractivity contribution is 0.102. The van der Waals surface area contributed by atoms with Crippen LogP contribution in [-0.2, 0) is 16.6 Å². The number of benzene rings is 3. The second kappa shape index (κ2) is 10.2. The van der Waals surface area contributed by atoms with Crippen LogP contribution in [0.5, 0.6) is 5.75 Å². The first-order chi connectivity index (χ1) is 14.9. The number of ether oxygens (including phenoxy) is 1. The van der Waals surface area contributed by atoms with Gasteiger partial charge in [-0.3, -0.25) is 4.79 Å². The van der Waals surface area contributed by atoms with Gasteiger partial charge in [0.2, 0.25) is 10.0 Å². The zero-order valence-corrected chi connectivity index (χ0v) is 18.4. The molecule has 0 aliphatic heterocycles. The molecule has 1 amide bonds. The average Bonchev–Trinajstić information content (AvgIpc) is 2.79. The van der Waals surface area contributed by atoms with Crippen molar-refractivity contribution in [3.8, 4) is 5.75 Å². The van der Waals surface area contributed by atoms with E-state index in [9.17, 15) is 13.2 Å². The predicted molar refractivity (Wildman–Crippen MR) is 122 cm³/mol. The van der Waals surface area contributed by atoms with E-state index in [-0.39, 0.29) is 23.5 Å². The van der Waals surface area contributed by atoms with Crippen LogP contribution in [-0.4, -0.2) is 20.4 Å². The van der Waals surface area contributed by atoms with Crippen LogP contribution in [0.4, 0.5) is 5.69 Å². The van der Waals surface area contributed by atoms with Gasteiger partial charge in [0.1, 0.15) is 5.75 Å². The van der Waals surface area contributed by atoms with Crippen LogP contribution in [0.15, 0.2) is 83.8 Å². The van der Waals surface area contributed by atoms with Crippen LogP contribution in [0.2, 0.25) is 0 Å². The quantitative estimate of drug-likeness (QED) is 0.512. The van der Waals surface area contributed by atoms with Crippen molar-refractivity contribution in [1.82, 2.24) is 4.72 Å². The Morgan fingerprint density at radius 3 is 2.19 bits per heavy atom. The van der Waals surface area contributed by atoms with Gasteiger partial charge < -0.3 is 10.1 Å². The Morgan fingerprint density at radius 2 is 1.58 bits per heavy atom. The Labute approximate surface area is 183 Å². The first-order valence-electron chi connectivity index (χ1n) is 10.1. The highest BCUT2D eigenvalue weighted by atomic mass is 32.2. The molecule has 3 rings (SSSR count). The summed E-state index contributed by atoms with van der Waals surface area (Å²) in [6.45, 7) is 4.24. The van der Waals surface area contributed by atoms with E-state index in [1.807, 2.05) is 44.2 Å². The zero-order valence-electron chi connectivity index (χ0n) is 17.5. The maximum Gasteiger partial charge on any atom is 0.255 e. The van der Waals surface area contributed by atoms with Crippen molar-refractivity contribution in [3.63, 3.8) is 0 Å². The van der Waals surface area contributed by atoms with Gasteiger partial charge in [0.25, 0.3) is 5.91 Å². The van der Waals surface area contributed by atoms with Gasteiger partial charge in [0.05, 0.1) is 11.0 Å². The molecule has 0 radical (unpaired) electrons. The molecule has 162 valence electrons. The van der Waals surface area contributed by atoms with Crippen LogP contribution in [0.3, 0.4) is 0 Å². The molecule has 0 aromatic heterocycles. The molecular weight excluding hydrogens is 412 g/mol. The van der Waals surface area contributed by atoms with Crippen molar-refractivity contribution < 1.29 is 17.9 Å². The summed E-state index contributed by atoms with van der Waals surface area (Å²) in [6.07, 6.45) is 1.01. The van der Waals surface area contributed by atoms with Gasteiger partial charge in [0, 0.05) is 17.8 Å². The largest absolute Gasteiger partial charge is 0.491 e. The number of hydrogen-bond acceptors (Lipinski definition) is 4. The number of carbonyl (C=O) groups excluding carboxylic acids is 1. The molecule has 1 unspecified atom stereocenters. The molecule has 0 aliphatic rings. The summed E-state index contributed by atoms with van der Waals surface area (Å²) in [6, 6.07) is 22.3. The van der Waals surface area contributed by atoms with Crippen LogP contribution in [0.1, 0.15) is 36.2 Å². The monoisotopic (exact) mass is 438 g/mol. The van der Waals surface area contributed by atoms with Gasteiger partial charge in [-0.05, 0) is 67.4 Å². The van der Waals surface area contributed by atoms with Crippen molar-refractivity contribution in [2.24, 2.45) is 0 Å². The third-order valence-electron chi connectivity index (χ3n) is 4.76. The van der Waals surface area contributed by atoms with Gasteiger partial charge in [-0.25, -0.2) is 13.1 Å². The SMILES string of the molecule is CCC(C)Oc1ccc(C(=O)Nc2ccc(S(=O)(=O)NCc3ccccc3)cc2)cc1. The molecule has 7 heteroatoms. The topological polar surface area (TPSA) is 84.5 Å². The van der Waals surface area contributed by atoms with Crippen LogP contribution in [0.25, 0.3) is 0 Å². The van der Waals surface area contributed by atoms with Crippen molar-refractivity contribution >= 4 is 21.6 Å². The van der Waals surface area contributed by atoms with E-state index in [2.05, 4.69) is 10.0 Å². The highest BCUT2D eigenvalue weighted by Gasteiger charge is 2.14. The van der Waals surface area contributed by atoms with Gasteiger partial charge in [-0.1, -0.05) is 37.3 Å². The van der Waals surface area contributed by atoms with Gasteiger partial charge in [-0.2, -0.15) is 0 Å². The third kappa shape index (κ3) is 6.41. The fourth-order valence-electron chi connectivity index (χ4n) is 2.78. The first kappa shape index (κ1) is 22.5. The normalized spacial score (nSPS) is 12.2. The fourth-order valence-corrected chi connectivity index (χ4v) is 3.80. The molecule has 0 saturated heterocycles. The van der Waals surface area contributed by atoms with Crippen molar-refractivity contribution in [2.45, 2.75) is 37.8 Å².